The number of carbonyl (C=O) groups excluding carboxylic acids is 1. The van der Waals surface area contributed by atoms with Crippen LogP contribution in [0.1, 0.15) is 26.5 Å². The molecule has 2 aliphatic rings. The SMILES string of the molecule is CC(C)OC(=O)OCn1c(=O)c(F)cn([C@H]2C[C@@H]3OP(=O)(O)OC[C@H]3O2)c1=O. The zero-order valence-corrected chi connectivity index (χ0v) is 15.7. The lowest BCUT2D eigenvalue weighted by molar-refractivity contribution is -0.0688. The highest BCUT2D eigenvalue weighted by atomic mass is 31.2. The monoisotopic (exact) mass is 424 g/mol. The second kappa shape index (κ2) is 7.76. The van der Waals surface area contributed by atoms with Gasteiger partial charge in [0.1, 0.15) is 18.4 Å². The minimum absolute atomic E-state index is 0.0631. The Labute approximate surface area is 156 Å². The fraction of sp³-hybridized carbons (Fsp3) is 0.643. The Morgan fingerprint density at radius 2 is 2.14 bits per heavy atom. The molecule has 4 atom stereocenters. The molecule has 1 aromatic rings. The number of phosphoric acid groups is 1. The van der Waals surface area contributed by atoms with Crippen molar-refractivity contribution in [2.45, 2.75) is 51.5 Å². The average Bonchev–Trinajstić information content (AvgIpc) is 2.98. The van der Waals surface area contributed by atoms with Gasteiger partial charge in [-0.05, 0) is 13.8 Å². The highest BCUT2D eigenvalue weighted by Crippen LogP contribution is 2.52. The Morgan fingerprint density at radius 3 is 2.82 bits per heavy atom. The minimum atomic E-state index is -4.22. The number of hydrogen-bond donors (Lipinski definition) is 1. The lowest BCUT2D eigenvalue weighted by atomic mass is 10.2. The summed E-state index contributed by atoms with van der Waals surface area (Å²) in [4.78, 5) is 45.3. The van der Waals surface area contributed by atoms with Gasteiger partial charge in [0, 0.05) is 6.42 Å². The van der Waals surface area contributed by atoms with E-state index in [2.05, 4.69) is 9.26 Å². The summed E-state index contributed by atoms with van der Waals surface area (Å²) in [5.74, 6) is -1.29. The van der Waals surface area contributed by atoms with Crippen LogP contribution in [0, 0.1) is 5.82 Å². The topological polar surface area (TPSA) is 145 Å². The van der Waals surface area contributed by atoms with Crippen molar-refractivity contribution in [2.24, 2.45) is 0 Å². The van der Waals surface area contributed by atoms with Crippen molar-refractivity contribution in [3.63, 3.8) is 0 Å². The number of nitrogens with zero attached hydrogens (tertiary/aromatic N) is 2. The fourth-order valence-corrected chi connectivity index (χ4v) is 3.71. The first kappa shape index (κ1) is 20.7. The first-order chi connectivity index (χ1) is 13.1. The molecule has 0 spiro atoms. The first-order valence-electron chi connectivity index (χ1n) is 8.23. The van der Waals surface area contributed by atoms with Crippen molar-refractivity contribution in [2.75, 3.05) is 6.61 Å². The van der Waals surface area contributed by atoms with E-state index in [-0.39, 0.29) is 13.0 Å². The van der Waals surface area contributed by atoms with E-state index in [0.717, 1.165) is 4.57 Å². The van der Waals surface area contributed by atoms with Gasteiger partial charge in [0.2, 0.25) is 5.82 Å². The van der Waals surface area contributed by atoms with Gasteiger partial charge in [0.15, 0.2) is 6.73 Å². The van der Waals surface area contributed by atoms with E-state index in [9.17, 15) is 28.2 Å². The summed E-state index contributed by atoms with van der Waals surface area (Å²) in [6.07, 6.45) is -3.75. The summed E-state index contributed by atoms with van der Waals surface area (Å²) in [6.45, 7) is 2.01. The molecule has 0 amide bonds. The van der Waals surface area contributed by atoms with Crippen LogP contribution in [-0.4, -0.2) is 45.1 Å². The number of phosphoric ester groups is 1. The molecule has 2 aliphatic heterocycles. The molecular weight excluding hydrogens is 406 g/mol. The fourth-order valence-electron chi connectivity index (χ4n) is 2.75. The maximum absolute atomic E-state index is 14.0. The van der Waals surface area contributed by atoms with Gasteiger partial charge in [-0.15, -0.1) is 0 Å². The summed E-state index contributed by atoms with van der Waals surface area (Å²) < 4.78 is 51.1. The smallest absolute Gasteiger partial charge is 0.432 e. The Bertz CT molecular complexity index is 928. The van der Waals surface area contributed by atoms with Gasteiger partial charge in [-0.3, -0.25) is 18.4 Å². The molecule has 0 bridgehead atoms. The molecule has 3 heterocycles. The zero-order valence-electron chi connectivity index (χ0n) is 14.8. The Hall–Kier alpha value is -2.05. The number of rotatable bonds is 4. The molecular formula is C14H18FN2O10P. The second-order valence-corrected chi connectivity index (χ2v) is 7.77. The number of carbonyl (C=O) groups is 1. The summed E-state index contributed by atoms with van der Waals surface area (Å²) in [5.41, 5.74) is -2.31. The van der Waals surface area contributed by atoms with Crippen molar-refractivity contribution in [1.82, 2.24) is 9.13 Å². The van der Waals surface area contributed by atoms with Crippen LogP contribution in [0.2, 0.25) is 0 Å². The van der Waals surface area contributed by atoms with Crippen LogP contribution in [0.4, 0.5) is 9.18 Å². The van der Waals surface area contributed by atoms with E-state index in [1.54, 1.807) is 13.8 Å². The molecule has 1 unspecified atom stereocenters. The van der Waals surface area contributed by atoms with Crippen LogP contribution in [0.3, 0.4) is 0 Å². The predicted octanol–water partition coefficient (Wildman–Crippen LogP) is 0.472. The third-order valence-corrected chi connectivity index (χ3v) is 4.97. The highest BCUT2D eigenvalue weighted by Gasteiger charge is 2.46. The van der Waals surface area contributed by atoms with Crippen molar-refractivity contribution >= 4 is 14.0 Å². The van der Waals surface area contributed by atoms with E-state index < -0.39 is 62.3 Å². The van der Waals surface area contributed by atoms with Crippen LogP contribution in [-0.2, 0) is 34.6 Å². The van der Waals surface area contributed by atoms with Crippen LogP contribution >= 0.6 is 7.82 Å². The minimum Gasteiger partial charge on any atom is -0.432 e. The lowest BCUT2D eigenvalue weighted by Gasteiger charge is -2.26. The summed E-state index contributed by atoms with van der Waals surface area (Å²) in [5, 5.41) is 0. The van der Waals surface area contributed by atoms with Crippen molar-refractivity contribution in [3.8, 4) is 0 Å². The first-order valence-corrected chi connectivity index (χ1v) is 9.73. The van der Waals surface area contributed by atoms with Crippen molar-refractivity contribution < 1.29 is 41.9 Å². The molecule has 0 radical (unpaired) electrons. The number of ether oxygens (including phenoxy) is 3. The van der Waals surface area contributed by atoms with E-state index >= 15 is 0 Å². The normalized spacial score (nSPS) is 29.5. The Morgan fingerprint density at radius 1 is 1.43 bits per heavy atom. The van der Waals surface area contributed by atoms with Gasteiger partial charge in [-0.2, -0.15) is 4.39 Å². The molecule has 1 aromatic heterocycles. The molecule has 0 aliphatic carbocycles. The third kappa shape index (κ3) is 4.33. The molecule has 28 heavy (non-hydrogen) atoms. The molecule has 0 aromatic carbocycles. The standard InChI is InChI=1S/C14H18FN2O10P/c1-7(2)25-14(20)23-6-17-12(18)8(15)4-16(13(17)19)11-3-9-10(26-11)5-24-28(21,22)27-9/h4,7,9-11H,3,5-6H2,1-2H3,(H,21,22)/t9-,10+,11+/m0/s1. The predicted molar refractivity (Wildman–Crippen MR) is 86.8 cm³/mol. The van der Waals surface area contributed by atoms with Gasteiger partial charge in [-0.25, -0.2) is 18.7 Å². The molecule has 12 nitrogen and oxygen atoms in total. The summed E-state index contributed by atoms with van der Waals surface area (Å²) >= 11 is 0. The van der Waals surface area contributed by atoms with E-state index in [1.807, 2.05) is 0 Å². The van der Waals surface area contributed by atoms with Crippen LogP contribution in [0.25, 0.3) is 0 Å². The Balaban J connectivity index is 1.82. The molecule has 156 valence electrons. The average molecular weight is 424 g/mol. The van der Waals surface area contributed by atoms with Gasteiger partial charge in [0.05, 0.1) is 18.9 Å². The number of halogens is 1. The van der Waals surface area contributed by atoms with E-state index in [1.165, 1.54) is 0 Å². The van der Waals surface area contributed by atoms with E-state index in [4.69, 9.17) is 14.0 Å². The number of hydrogen-bond acceptors (Lipinski definition) is 9. The second-order valence-electron chi connectivity index (χ2n) is 6.36. The molecule has 14 heteroatoms. The van der Waals surface area contributed by atoms with Crippen LogP contribution in [0.15, 0.2) is 15.8 Å². The zero-order chi connectivity index (χ0) is 20.6. The quantitative estimate of drug-likeness (QED) is 0.535. The molecule has 3 rings (SSSR count). The maximum Gasteiger partial charge on any atom is 0.510 e. The maximum atomic E-state index is 14.0. The summed E-state index contributed by atoms with van der Waals surface area (Å²) in [6, 6.07) is 0. The number of fused-ring (bicyclic) bond motifs is 1. The van der Waals surface area contributed by atoms with Gasteiger partial charge in [-0.1, -0.05) is 0 Å². The van der Waals surface area contributed by atoms with E-state index in [0.29, 0.717) is 10.8 Å². The Kier molecular flexibility index (Phi) is 5.73. The van der Waals surface area contributed by atoms with Crippen molar-refractivity contribution in [3.05, 3.63) is 32.9 Å². The molecule has 0 saturated carbocycles. The number of aromatic nitrogens is 2. The molecule has 2 fully saturated rings. The van der Waals surface area contributed by atoms with Crippen molar-refractivity contribution in [1.29, 1.82) is 0 Å². The molecule has 1 N–H and O–H groups in total. The third-order valence-electron chi connectivity index (χ3n) is 3.96. The van der Waals surface area contributed by atoms with Gasteiger partial charge in [0.25, 0.3) is 5.56 Å². The van der Waals surface area contributed by atoms with Gasteiger partial charge >= 0.3 is 19.7 Å². The van der Waals surface area contributed by atoms with Crippen LogP contribution in [0.5, 0.6) is 0 Å². The summed E-state index contributed by atoms with van der Waals surface area (Å²) in [7, 11) is -4.22. The molecule has 2 saturated heterocycles. The van der Waals surface area contributed by atoms with Crippen LogP contribution < -0.4 is 11.2 Å². The largest absolute Gasteiger partial charge is 0.510 e. The van der Waals surface area contributed by atoms with Gasteiger partial charge < -0.3 is 19.1 Å². The lowest BCUT2D eigenvalue weighted by Crippen LogP contribution is -2.43. The highest BCUT2D eigenvalue weighted by molar-refractivity contribution is 7.47.